The molecule has 1 aromatic carbocycles. The number of carbonyl (C=O) groups is 2. The maximum Gasteiger partial charge on any atom is 0.315 e. The molecule has 2 atom stereocenters. The summed E-state index contributed by atoms with van der Waals surface area (Å²) in [7, 11) is 0. The molecule has 0 spiro atoms. The van der Waals surface area contributed by atoms with Gasteiger partial charge in [0.2, 0.25) is 0 Å². The summed E-state index contributed by atoms with van der Waals surface area (Å²) in [5.74, 6) is -1.16. The zero-order valence-electron chi connectivity index (χ0n) is 19.9. The Balaban J connectivity index is 2.06. The number of aromatic hydroxyl groups is 1. The highest BCUT2D eigenvalue weighted by atomic mass is 16.5. The van der Waals surface area contributed by atoms with Gasteiger partial charge in [0.1, 0.15) is 5.92 Å². The van der Waals surface area contributed by atoms with E-state index in [-0.39, 0.29) is 22.9 Å². The van der Waals surface area contributed by atoms with Gasteiger partial charge in [-0.05, 0) is 49.8 Å². The number of phenolic OH excluding ortho intramolecular Hbond substituents is 1. The third kappa shape index (κ3) is 5.05. The van der Waals surface area contributed by atoms with Gasteiger partial charge in [0, 0.05) is 29.3 Å². The SMILES string of the molecule is CCCCCOC(=O)C1C(C)=NC2=C(C(=O)CC(C)(C)C2)[C@@H]1c1ccc(O)c(OCC)c1. The Bertz CT molecular complexity index is 944. The summed E-state index contributed by atoms with van der Waals surface area (Å²) in [6, 6.07) is 5.05. The molecule has 2 aliphatic rings. The summed E-state index contributed by atoms with van der Waals surface area (Å²) in [6.45, 7) is 10.7. The van der Waals surface area contributed by atoms with Gasteiger partial charge in [0.25, 0.3) is 0 Å². The number of Topliss-reactive ketones (excluding diaryl/α,β-unsaturated/α-hetero) is 1. The number of esters is 1. The smallest absolute Gasteiger partial charge is 0.315 e. The fraction of sp³-hybridized carbons (Fsp3) is 0.577. The predicted octanol–water partition coefficient (Wildman–Crippen LogP) is 5.34. The van der Waals surface area contributed by atoms with E-state index in [1.807, 2.05) is 13.8 Å². The van der Waals surface area contributed by atoms with Gasteiger partial charge in [-0.1, -0.05) is 39.7 Å². The van der Waals surface area contributed by atoms with Crippen molar-refractivity contribution in [1.82, 2.24) is 0 Å². The molecule has 1 aromatic rings. The lowest BCUT2D eigenvalue weighted by Crippen LogP contribution is -2.39. The van der Waals surface area contributed by atoms with Crippen LogP contribution in [0.15, 0.2) is 34.5 Å². The quantitative estimate of drug-likeness (QED) is 0.435. The molecular weight excluding hydrogens is 406 g/mol. The van der Waals surface area contributed by atoms with Gasteiger partial charge in [-0.2, -0.15) is 0 Å². The van der Waals surface area contributed by atoms with Crippen molar-refractivity contribution in [3.05, 3.63) is 35.0 Å². The predicted molar refractivity (Wildman–Crippen MR) is 124 cm³/mol. The van der Waals surface area contributed by atoms with Crippen molar-refractivity contribution >= 4 is 17.5 Å². The lowest BCUT2D eigenvalue weighted by Gasteiger charge is -2.39. The molecule has 0 aromatic heterocycles. The number of phenols is 1. The van der Waals surface area contributed by atoms with Gasteiger partial charge < -0.3 is 14.6 Å². The van der Waals surface area contributed by atoms with Gasteiger partial charge in [-0.25, -0.2) is 0 Å². The highest BCUT2D eigenvalue weighted by Gasteiger charge is 2.46. The van der Waals surface area contributed by atoms with Gasteiger partial charge in [0.05, 0.1) is 13.2 Å². The molecule has 1 unspecified atom stereocenters. The Labute approximate surface area is 190 Å². The minimum Gasteiger partial charge on any atom is -0.504 e. The van der Waals surface area contributed by atoms with Crippen LogP contribution in [0.3, 0.4) is 0 Å². The zero-order valence-corrected chi connectivity index (χ0v) is 19.9. The van der Waals surface area contributed by atoms with Crippen LogP contribution in [0, 0.1) is 11.3 Å². The number of hydrogen-bond acceptors (Lipinski definition) is 6. The molecule has 1 heterocycles. The monoisotopic (exact) mass is 441 g/mol. The number of ether oxygens (including phenoxy) is 2. The molecule has 32 heavy (non-hydrogen) atoms. The van der Waals surface area contributed by atoms with E-state index in [1.54, 1.807) is 18.2 Å². The molecule has 1 aliphatic heterocycles. The molecule has 1 N–H and O–H groups in total. The van der Waals surface area contributed by atoms with Crippen molar-refractivity contribution in [2.45, 2.75) is 72.6 Å². The molecule has 1 aliphatic carbocycles. The van der Waals surface area contributed by atoms with Gasteiger partial charge in [-0.15, -0.1) is 0 Å². The lowest BCUT2D eigenvalue weighted by molar-refractivity contribution is -0.146. The third-order valence-electron chi connectivity index (χ3n) is 6.19. The Morgan fingerprint density at radius 3 is 2.66 bits per heavy atom. The number of hydrogen-bond donors (Lipinski definition) is 1. The van der Waals surface area contributed by atoms with Crippen LogP contribution < -0.4 is 4.74 Å². The van der Waals surface area contributed by atoms with Crippen LogP contribution in [0.1, 0.15) is 78.2 Å². The molecule has 0 saturated carbocycles. The average molecular weight is 442 g/mol. The van der Waals surface area contributed by atoms with Gasteiger partial charge >= 0.3 is 5.97 Å². The topological polar surface area (TPSA) is 85.2 Å². The Morgan fingerprint density at radius 1 is 1.22 bits per heavy atom. The van der Waals surface area contributed by atoms with E-state index in [9.17, 15) is 14.7 Å². The van der Waals surface area contributed by atoms with E-state index in [0.29, 0.717) is 43.1 Å². The first-order chi connectivity index (χ1) is 15.2. The van der Waals surface area contributed by atoms with Crippen LogP contribution in [-0.4, -0.2) is 35.8 Å². The average Bonchev–Trinajstić information content (AvgIpc) is 2.71. The van der Waals surface area contributed by atoms with Crippen molar-refractivity contribution in [2.24, 2.45) is 16.3 Å². The molecule has 0 bridgehead atoms. The van der Waals surface area contributed by atoms with Crippen molar-refractivity contribution in [2.75, 3.05) is 13.2 Å². The number of nitrogens with zero attached hydrogens (tertiary/aromatic N) is 1. The molecule has 0 saturated heterocycles. The lowest BCUT2D eigenvalue weighted by atomic mass is 9.67. The largest absolute Gasteiger partial charge is 0.504 e. The summed E-state index contributed by atoms with van der Waals surface area (Å²) >= 11 is 0. The number of allylic oxidation sites excluding steroid dienone is 2. The third-order valence-corrected chi connectivity index (χ3v) is 6.19. The Kier molecular flexibility index (Phi) is 7.42. The number of benzene rings is 1. The molecule has 3 rings (SSSR count). The Morgan fingerprint density at radius 2 is 1.97 bits per heavy atom. The first-order valence-electron chi connectivity index (χ1n) is 11.6. The fourth-order valence-corrected chi connectivity index (χ4v) is 4.72. The molecule has 0 amide bonds. The van der Waals surface area contributed by atoms with E-state index < -0.39 is 11.8 Å². The summed E-state index contributed by atoms with van der Waals surface area (Å²) in [6.07, 6.45) is 3.93. The minimum absolute atomic E-state index is 0.0207. The number of ketones is 1. The maximum atomic E-state index is 13.3. The van der Waals surface area contributed by atoms with Crippen LogP contribution in [0.4, 0.5) is 0 Å². The molecule has 0 radical (unpaired) electrons. The van der Waals surface area contributed by atoms with Gasteiger partial charge in [-0.3, -0.25) is 14.6 Å². The van der Waals surface area contributed by atoms with Gasteiger partial charge in [0.15, 0.2) is 17.3 Å². The van der Waals surface area contributed by atoms with Crippen LogP contribution in [0.5, 0.6) is 11.5 Å². The van der Waals surface area contributed by atoms with E-state index in [4.69, 9.17) is 14.5 Å². The Hall–Kier alpha value is -2.63. The number of unbranched alkanes of at least 4 members (excludes halogenated alkanes) is 2. The van der Waals surface area contributed by atoms with E-state index in [0.717, 1.165) is 30.5 Å². The van der Waals surface area contributed by atoms with Crippen LogP contribution in [0.25, 0.3) is 0 Å². The normalized spacial score (nSPS) is 22.3. The second kappa shape index (κ2) is 9.88. The fourth-order valence-electron chi connectivity index (χ4n) is 4.72. The summed E-state index contributed by atoms with van der Waals surface area (Å²) in [5.41, 5.74) is 2.58. The summed E-state index contributed by atoms with van der Waals surface area (Å²) < 4.78 is 11.2. The van der Waals surface area contributed by atoms with Crippen molar-refractivity contribution in [3.8, 4) is 11.5 Å². The first kappa shape index (κ1) is 24.0. The van der Waals surface area contributed by atoms with E-state index in [2.05, 4.69) is 20.8 Å². The number of rotatable bonds is 8. The van der Waals surface area contributed by atoms with Crippen LogP contribution >= 0.6 is 0 Å². The first-order valence-corrected chi connectivity index (χ1v) is 11.6. The zero-order chi connectivity index (χ0) is 23.5. The van der Waals surface area contributed by atoms with E-state index in [1.165, 1.54) is 0 Å². The summed E-state index contributed by atoms with van der Waals surface area (Å²) in [4.78, 5) is 31.3. The molecule has 6 heteroatoms. The highest BCUT2D eigenvalue weighted by Crippen LogP contribution is 2.48. The van der Waals surface area contributed by atoms with Crippen molar-refractivity contribution in [1.29, 1.82) is 0 Å². The number of aliphatic imine (C=N–C) groups is 1. The highest BCUT2D eigenvalue weighted by molar-refractivity contribution is 6.09. The van der Waals surface area contributed by atoms with Crippen LogP contribution in [0.2, 0.25) is 0 Å². The standard InChI is InChI=1S/C26H35NO5/c1-6-8-9-12-32-25(30)22-16(3)27-18-14-26(4,5)15-20(29)24(18)23(22)17-10-11-19(28)21(13-17)31-7-2/h10-11,13,22-23,28H,6-9,12,14-15H2,1-5H3/t22?,23-/m1/s1. The van der Waals surface area contributed by atoms with Crippen LogP contribution in [-0.2, 0) is 14.3 Å². The number of carbonyl (C=O) groups excluding carboxylic acids is 2. The second-order valence-electron chi connectivity index (χ2n) is 9.54. The van der Waals surface area contributed by atoms with E-state index >= 15 is 0 Å². The maximum absolute atomic E-state index is 13.3. The second-order valence-corrected chi connectivity index (χ2v) is 9.54. The van der Waals surface area contributed by atoms with Crippen molar-refractivity contribution in [3.63, 3.8) is 0 Å². The molecule has 6 nitrogen and oxygen atoms in total. The minimum atomic E-state index is -0.681. The summed E-state index contributed by atoms with van der Waals surface area (Å²) in [5, 5.41) is 10.2. The molecular formula is C26H35NO5. The van der Waals surface area contributed by atoms with Crippen molar-refractivity contribution < 1.29 is 24.2 Å². The molecule has 0 fully saturated rings. The molecule has 174 valence electrons.